The second-order valence-electron chi connectivity index (χ2n) is 19.4. The van der Waals surface area contributed by atoms with Crippen LogP contribution in [0.1, 0.15) is 93.4 Å². The van der Waals surface area contributed by atoms with E-state index in [0.29, 0.717) is 25.5 Å². The molecule has 50 heavy (non-hydrogen) atoms. The molecule has 5 aliphatic carbocycles. The van der Waals surface area contributed by atoms with Crippen LogP contribution in [0.2, 0.25) is 0 Å². The summed E-state index contributed by atoms with van der Waals surface area (Å²) in [6.07, 6.45) is 0.0579. The van der Waals surface area contributed by atoms with Crippen molar-refractivity contribution in [2.45, 2.75) is 136 Å². The lowest BCUT2D eigenvalue weighted by atomic mass is 9.30. The average molecular weight is 704 g/mol. The molecule has 0 amide bonds. The molecule has 16 unspecified atom stereocenters. The summed E-state index contributed by atoms with van der Waals surface area (Å²) in [6, 6.07) is 0.0742. The summed E-state index contributed by atoms with van der Waals surface area (Å²) in [5.41, 5.74) is -0.210. The molecule has 11 nitrogen and oxygen atoms in total. The van der Waals surface area contributed by atoms with Crippen molar-refractivity contribution in [3.63, 3.8) is 0 Å². The van der Waals surface area contributed by atoms with E-state index in [1.807, 2.05) is 0 Å². The minimum Gasteiger partial charge on any atom is -0.481 e. The summed E-state index contributed by atoms with van der Waals surface area (Å²) in [6.45, 7) is 17.6. The van der Waals surface area contributed by atoms with E-state index in [1.54, 1.807) is 7.11 Å². The third-order valence-electron chi connectivity index (χ3n) is 16.7. The zero-order valence-corrected chi connectivity index (χ0v) is 31.1. The number of aliphatic hydroxyl groups is 3. The number of hydrogen-bond donors (Lipinski definition) is 6. The molecule has 6 fully saturated rings. The van der Waals surface area contributed by atoms with Crippen molar-refractivity contribution in [1.29, 1.82) is 0 Å². The Hall–Kier alpha value is -1.60. The molecule has 0 spiro atoms. The highest BCUT2D eigenvalue weighted by Crippen LogP contribution is 2.77. The monoisotopic (exact) mass is 703 g/mol. The molecule has 4 bridgehead atoms. The van der Waals surface area contributed by atoms with Gasteiger partial charge in [-0.2, -0.15) is 0 Å². The van der Waals surface area contributed by atoms with Gasteiger partial charge in [-0.3, -0.25) is 4.79 Å². The second-order valence-corrected chi connectivity index (χ2v) is 19.4. The summed E-state index contributed by atoms with van der Waals surface area (Å²) in [7, 11) is 1.70. The summed E-state index contributed by atoms with van der Waals surface area (Å²) < 4.78 is 17.7. The van der Waals surface area contributed by atoms with Crippen LogP contribution < -0.4 is 5.32 Å². The number of piperidine rings is 1. The molecule has 7 aliphatic rings. The van der Waals surface area contributed by atoms with Crippen LogP contribution in [-0.4, -0.2) is 101 Å². The largest absolute Gasteiger partial charge is 0.481 e. The molecule has 11 heteroatoms. The lowest BCUT2D eigenvalue weighted by Gasteiger charge is -2.74. The Morgan fingerprint density at radius 3 is 2.28 bits per heavy atom. The van der Waals surface area contributed by atoms with Gasteiger partial charge in [-0.25, -0.2) is 4.79 Å². The number of fused-ring (bicyclic) bond motifs is 5. The van der Waals surface area contributed by atoms with Gasteiger partial charge in [0.1, 0.15) is 18.3 Å². The fourth-order valence-electron chi connectivity index (χ4n) is 14.3. The Bertz CT molecular complexity index is 1430. The first-order chi connectivity index (χ1) is 23.2. The first-order valence-corrected chi connectivity index (χ1v) is 19.0. The highest BCUT2D eigenvalue weighted by molar-refractivity contribution is 5.78. The summed E-state index contributed by atoms with van der Waals surface area (Å²) >= 11 is 0. The molecule has 16 atom stereocenters. The van der Waals surface area contributed by atoms with Crippen LogP contribution in [0.3, 0.4) is 0 Å². The number of aliphatic carboxylic acids is 2. The molecule has 282 valence electrons. The maximum Gasteiger partial charge on any atom is 0.335 e. The van der Waals surface area contributed by atoms with Gasteiger partial charge in [0.05, 0.1) is 18.1 Å². The number of carboxylic acids is 2. The van der Waals surface area contributed by atoms with E-state index in [4.69, 9.17) is 14.2 Å². The molecule has 6 N–H and O–H groups in total. The number of ether oxygens (including phenoxy) is 3. The number of nitrogens with one attached hydrogen (secondary N) is 1. The fraction of sp³-hybridized carbons (Fsp3) is 0.897. The van der Waals surface area contributed by atoms with Crippen LogP contribution in [-0.2, 0) is 23.8 Å². The Labute approximate surface area is 296 Å². The van der Waals surface area contributed by atoms with Crippen LogP contribution in [0.15, 0.2) is 11.6 Å². The van der Waals surface area contributed by atoms with E-state index in [9.17, 15) is 35.1 Å². The Kier molecular flexibility index (Phi) is 8.60. The maximum absolute atomic E-state index is 13.7. The van der Waals surface area contributed by atoms with Gasteiger partial charge in [-0.05, 0) is 102 Å². The zero-order valence-electron chi connectivity index (χ0n) is 31.1. The smallest absolute Gasteiger partial charge is 0.335 e. The molecule has 2 aliphatic heterocycles. The SMILES string of the molecule is COCC1CC(C)(C)C2NCC3CC4(C)C(=CCC5C6(C)CCC(OC7OC(C(=O)O)C(O)C(O)C7O)C(C)(C)C6CCC54C)C2C13C(=O)O. The minimum atomic E-state index is -1.76. The molecule has 4 saturated carbocycles. The second kappa shape index (κ2) is 11.7. The molecular weight excluding hydrogens is 642 g/mol. The fourth-order valence-corrected chi connectivity index (χ4v) is 14.3. The van der Waals surface area contributed by atoms with Gasteiger partial charge in [-0.1, -0.05) is 60.1 Å². The number of aliphatic hydroxyl groups excluding tert-OH is 3. The van der Waals surface area contributed by atoms with Crippen molar-refractivity contribution in [3.05, 3.63) is 11.6 Å². The van der Waals surface area contributed by atoms with Gasteiger partial charge < -0.3 is 45.1 Å². The summed E-state index contributed by atoms with van der Waals surface area (Å²) in [5.74, 6) is -1.63. The van der Waals surface area contributed by atoms with Crippen molar-refractivity contribution in [2.75, 3.05) is 20.3 Å². The third-order valence-corrected chi connectivity index (χ3v) is 16.7. The molecule has 2 saturated heterocycles. The third kappa shape index (κ3) is 4.59. The number of methoxy groups -OCH3 is 1. The van der Waals surface area contributed by atoms with Crippen LogP contribution in [0.25, 0.3) is 0 Å². The van der Waals surface area contributed by atoms with Crippen molar-refractivity contribution in [1.82, 2.24) is 5.32 Å². The maximum atomic E-state index is 13.7. The predicted molar refractivity (Wildman–Crippen MR) is 183 cm³/mol. The van der Waals surface area contributed by atoms with Crippen molar-refractivity contribution < 1.29 is 49.3 Å². The van der Waals surface area contributed by atoms with Crippen LogP contribution in [0.4, 0.5) is 0 Å². The number of carbonyl (C=O) groups is 2. The van der Waals surface area contributed by atoms with Crippen LogP contribution in [0.5, 0.6) is 0 Å². The van der Waals surface area contributed by atoms with E-state index in [0.717, 1.165) is 38.5 Å². The molecule has 0 aromatic heterocycles. The zero-order chi connectivity index (χ0) is 36.6. The Morgan fingerprint density at radius 2 is 1.64 bits per heavy atom. The highest BCUT2D eigenvalue weighted by atomic mass is 16.7. The minimum absolute atomic E-state index is 0.00764. The van der Waals surface area contributed by atoms with E-state index in [2.05, 4.69) is 59.9 Å². The van der Waals surface area contributed by atoms with Gasteiger partial charge in [-0.15, -0.1) is 0 Å². The Balaban J connectivity index is 1.22. The van der Waals surface area contributed by atoms with Crippen LogP contribution in [0, 0.1) is 62.1 Å². The molecule has 0 radical (unpaired) electrons. The van der Waals surface area contributed by atoms with Crippen molar-refractivity contribution in [2.24, 2.45) is 62.1 Å². The molecule has 0 aromatic rings. The highest BCUT2D eigenvalue weighted by Gasteiger charge is 2.75. The van der Waals surface area contributed by atoms with Gasteiger partial charge in [0.25, 0.3) is 0 Å². The molecule has 7 rings (SSSR count). The molecule has 2 heterocycles. The van der Waals surface area contributed by atoms with Crippen molar-refractivity contribution in [3.8, 4) is 0 Å². The summed E-state index contributed by atoms with van der Waals surface area (Å²) in [5, 5.41) is 56.2. The number of carboxylic acid groups (broad SMARTS) is 2. The lowest BCUT2D eigenvalue weighted by molar-refractivity contribution is -0.324. The van der Waals surface area contributed by atoms with Crippen molar-refractivity contribution >= 4 is 11.9 Å². The standard InChI is InChI=1S/C39H61NO10/c1-34(2)15-20(18-48-8)39(33(46)47)19-16-38(7)21(25(39)30(34)40-17-19)9-10-23-36(5)13-12-24(35(3,4)22(36)11-14-37(23,38)6)49-32-28(43)26(41)27(42)29(50-32)31(44)45/h9,19-20,22-30,32,40-43H,10-18H2,1-8H3,(H,44,45)(H,46,47). The number of hydrogen-bond acceptors (Lipinski definition) is 9. The molecule has 0 aromatic carbocycles. The lowest BCUT2D eigenvalue weighted by Crippen LogP contribution is -2.76. The number of allylic oxidation sites excluding steroid dienone is 1. The quantitative estimate of drug-likeness (QED) is 0.175. The first-order valence-electron chi connectivity index (χ1n) is 19.0. The average Bonchev–Trinajstić information content (AvgIpc) is 3.01. The van der Waals surface area contributed by atoms with Gasteiger partial charge in [0, 0.05) is 19.1 Å². The molecular formula is C39H61NO10. The van der Waals surface area contributed by atoms with Crippen LogP contribution >= 0.6 is 0 Å². The topological polar surface area (TPSA) is 175 Å². The normalized spacial score (nSPS) is 53.2. The summed E-state index contributed by atoms with van der Waals surface area (Å²) in [4.78, 5) is 25.5. The van der Waals surface area contributed by atoms with Gasteiger partial charge >= 0.3 is 11.9 Å². The van der Waals surface area contributed by atoms with E-state index in [1.165, 1.54) is 5.57 Å². The van der Waals surface area contributed by atoms with Gasteiger partial charge in [0.15, 0.2) is 12.4 Å². The Morgan fingerprint density at radius 1 is 0.940 bits per heavy atom. The van der Waals surface area contributed by atoms with E-state index < -0.39 is 48.1 Å². The predicted octanol–water partition coefficient (Wildman–Crippen LogP) is 3.83. The van der Waals surface area contributed by atoms with E-state index in [-0.39, 0.29) is 62.9 Å². The first kappa shape index (κ1) is 36.7. The van der Waals surface area contributed by atoms with Gasteiger partial charge in [0.2, 0.25) is 0 Å². The number of rotatable bonds is 6. The van der Waals surface area contributed by atoms with E-state index >= 15 is 0 Å².